The normalized spacial score (nSPS) is 22.0. The van der Waals surface area contributed by atoms with Crippen molar-refractivity contribution in [2.45, 2.75) is 36.3 Å². The van der Waals surface area contributed by atoms with Crippen LogP contribution in [0.25, 0.3) is 0 Å². The van der Waals surface area contributed by atoms with Gasteiger partial charge in [0.2, 0.25) is 5.91 Å². The largest absolute Gasteiger partial charge is 0.342 e. The Morgan fingerprint density at radius 2 is 1.92 bits per heavy atom. The summed E-state index contributed by atoms with van der Waals surface area (Å²) in [5, 5.41) is 0. The molecule has 0 radical (unpaired) electrons. The van der Waals surface area contributed by atoms with Crippen LogP contribution in [0.2, 0.25) is 0 Å². The summed E-state index contributed by atoms with van der Waals surface area (Å²) in [6, 6.07) is 3.42. The number of thiophene rings is 1. The Labute approximate surface area is 159 Å². The van der Waals surface area contributed by atoms with E-state index in [-0.39, 0.29) is 24.7 Å². The predicted octanol–water partition coefficient (Wildman–Crippen LogP) is 1.69. The molecule has 3 heterocycles. The topological polar surface area (TPSA) is 83.7 Å². The summed E-state index contributed by atoms with van der Waals surface area (Å²) in [4.78, 5) is 15.0. The SMILES string of the molecule is Cl.NCC1CCN(C(=O)Cc2ccc(S(=O)(=O)N3CCCCC3)s2)C1. The number of sulfonamides is 1. The second kappa shape index (κ2) is 8.81. The molecule has 3 rings (SSSR count). The molecule has 0 spiro atoms. The van der Waals surface area contributed by atoms with Crippen LogP contribution in [-0.2, 0) is 21.2 Å². The number of likely N-dealkylation sites (tertiary alicyclic amines) is 1. The van der Waals surface area contributed by atoms with Crippen LogP contribution in [0.3, 0.4) is 0 Å². The lowest BCUT2D eigenvalue weighted by Crippen LogP contribution is -2.35. The molecule has 0 aliphatic carbocycles. The van der Waals surface area contributed by atoms with Gasteiger partial charge in [-0.1, -0.05) is 6.42 Å². The molecule has 0 bridgehead atoms. The fourth-order valence-electron chi connectivity index (χ4n) is 3.34. The lowest BCUT2D eigenvalue weighted by atomic mass is 10.1. The van der Waals surface area contributed by atoms with Gasteiger partial charge in [0.25, 0.3) is 10.0 Å². The number of carbonyl (C=O) groups excluding carboxylic acids is 1. The number of hydrogen-bond acceptors (Lipinski definition) is 5. The van der Waals surface area contributed by atoms with Crippen LogP contribution in [0.1, 0.15) is 30.6 Å². The highest BCUT2D eigenvalue weighted by atomic mass is 35.5. The van der Waals surface area contributed by atoms with Crippen molar-refractivity contribution in [3.63, 3.8) is 0 Å². The van der Waals surface area contributed by atoms with E-state index in [0.29, 0.717) is 29.8 Å². The monoisotopic (exact) mass is 407 g/mol. The van der Waals surface area contributed by atoms with E-state index in [1.165, 1.54) is 11.3 Å². The van der Waals surface area contributed by atoms with Crippen molar-refractivity contribution in [3.8, 4) is 0 Å². The lowest BCUT2D eigenvalue weighted by Gasteiger charge is -2.25. The van der Waals surface area contributed by atoms with Gasteiger partial charge in [0, 0.05) is 31.1 Å². The van der Waals surface area contributed by atoms with Crippen LogP contribution >= 0.6 is 23.7 Å². The van der Waals surface area contributed by atoms with Crippen molar-refractivity contribution in [1.29, 1.82) is 0 Å². The molecule has 0 aromatic carbocycles. The highest BCUT2D eigenvalue weighted by molar-refractivity contribution is 7.91. The van der Waals surface area contributed by atoms with Gasteiger partial charge in [-0.15, -0.1) is 23.7 Å². The number of carbonyl (C=O) groups is 1. The van der Waals surface area contributed by atoms with E-state index in [9.17, 15) is 13.2 Å². The van der Waals surface area contributed by atoms with E-state index in [4.69, 9.17) is 5.73 Å². The quantitative estimate of drug-likeness (QED) is 0.805. The molecule has 9 heteroatoms. The van der Waals surface area contributed by atoms with Gasteiger partial charge in [-0.25, -0.2) is 8.42 Å². The summed E-state index contributed by atoms with van der Waals surface area (Å²) >= 11 is 1.23. The molecule has 1 aromatic heterocycles. The number of hydrogen-bond donors (Lipinski definition) is 1. The Morgan fingerprint density at radius 3 is 2.56 bits per heavy atom. The van der Waals surface area contributed by atoms with Gasteiger partial charge in [-0.05, 0) is 43.9 Å². The smallest absolute Gasteiger partial charge is 0.252 e. The third-order valence-corrected chi connectivity index (χ3v) is 8.29. The third-order valence-electron chi connectivity index (χ3n) is 4.84. The van der Waals surface area contributed by atoms with Gasteiger partial charge in [0.05, 0.1) is 6.42 Å². The third kappa shape index (κ3) is 4.74. The number of amides is 1. The first-order valence-electron chi connectivity index (χ1n) is 8.57. The van der Waals surface area contributed by atoms with Crippen LogP contribution in [0, 0.1) is 5.92 Å². The van der Waals surface area contributed by atoms with Gasteiger partial charge < -0.3 is 10.6 Å². The molecule has 25 heavy (non-hydrogen) atoms. The van der Waals surface area contributed by atoms with Crippen LogP contribution < -0.4 is 5.73 Å². The Balaban J connectivity index is 0.00000225. The van der Waals surface area contributed by atoms with Gasteiger partial charge in [0.1, 0.15) is 4.21 Å². The first kappa shape index (κ1) is 20.6. The van der Waals surface area contributed by atoms with Crippen LogP contribution in [0.5, 0.6) is 0 Å². The minimum absolute atomic E-state index is 0. The summed E-state index contributed by atoms with van der Waals surface area (Å²) in [5.41, 5.74) is 5.66. The first-order valence-corrected chi connectivity index (χ1v) is 10.8. The number of nitrogens with two attached hydrogens (primary N) is 1. The first-order chi connectivity index (χ1) is 11.5. The van der Waals surface area contributed by atoms with E-state index in [2.05, 4.69) is 0 Å². The zero-order chi connectivity index (χ0) is 17.2. The van der Waals surface area contributed by atoms with Crippen molar-refractivity contribution < 1.29 is 13.2 Å². The maximum Gasteiger partial charge on any atom is 0.252 e. The number of halogens is 1. The Morgan fingerprint density at radius 1 is 1.20 bits per heavy atom. The van der Waals surface area contributed by atoms with Crippen molar-refractivity contribution >= 4 is 39.7 Å². The second-order valence-electron chi connectivity index (χ2n) is 6.59. The minimum atomic E-state index is -3.40. The van der Waals surface area contributed by atoms with Gasteiger partial charge in [-0.2, -0.15) is 4.31 Å². The van der Waals surface area contributed by atoms with E-state index in [1.807, 2.05) is 4.90 Å². The summed E-state index contributed by atoms with van der Waals surface area (Å²) < 4.78 is 27.2. The minimum Gasteiger partial charge on any atom is -0.342 e. The molecule has 2 N–H and O–H groups in total. The highest BCUT2D eigenvalue weighted by Crippen LogP contribution is 2.28. The Hall–Kier alpha value is -0.670. The number of rotatable bonds is 5. The number of nitrogens with zero attached hydrogens (tertiary/aromatic N) is 2. The van der Waals surface area contributed by atoms with E-state index in [0.717, 1.165) is 43.6 Å². The molecule has 2 aliphatic heterocycles. The summed E-state index contributed by atoms with van der Waals surface area (Å²) in [5.74, 6) is 0.460. The molecule has 1 amide bonds. The fourth-order valence-corrected chi connectivity index (χ4v) is 6.35. The Kier molecular flexibility index (Phi) is 7.28. The Bertz CT molecular complexity index is 687. The van der Waals surface area contributed by atoms with Gasteiger partial charge in [0.15, 0.2) is 0 Å². The summed E-state index contributed by atoms with van der Waals surface area (Å²) in [7, 11) is -3.40. The lowest BCUT2D eigenvalue weighted by molar-refractivity contribution is -0.129. The molecular formula is C16H26ClN3O3S2. The van der Waals surface area contributed by atoms with Crippen molar-refractivity contribution in [2.24, 2.45) is 11.7 Å². The highest BCUT2D eigenvalue weighted by Gasteiger charge is 2.29. The maximum atomic E-state index is 12.7. The number of piperidine rings is 1. The van der Waals surface area contributed by atoms with Crippen LogP contribution in [0.4, 0.5) is 0 Å². The van der Waals surface area contributed by atoms with Crippen molar-refractivity contribution in [1.82, 2.24) is 9.21 Å². The molecular weight excluding hydrogens is 382 g/mol. The summed E-state index contributed by atoms with van der Waals surface area (Å²) in [6.45, 7) is 3.29. The molecule has 2 fully saturated rings. The van der Waals surface area contributed by atoms with Crippen molar-refractivity contribution in [3.05, 3.63) is 17.0 Å². The van der Waals surface area contributed by atoms with E-state index >= 15 is 0 Å². The molecule has 0 saturated carbocycles. The van der Waals surface area contributed by atoms with Crippen LogP contribution in [0.15, 0.2) is 16.3 Å². The molecule has 142 valence electrons. The molecule has 2 aliphatic rings. The molecule has 1 unspecified atom stereocenters. The molecule has 6 nitrogen and oxygen atoms in total. The maximum absolute atomic E-state index is 12.7. The standard InChI is InChI=1S/C16H25N3O3S2.ClH/c17-11-13-6-9-18(12-13)15(20)10-14-4-5-16(23-14)24(21,22)19-7-2-1-3-8-19;/h4-5,13H,1-3,6-12,17H2;1H. The zero-order valence-corrected chi connectivity index (χ0v) is 16.7. The van der Waals surface area contributed by atoms with E-state index < -0.39 is 10.0 Å². The average Bonchev–Trinajstić information content (AvgIpc) is 3.25. The van der Waals surface area contributed by atoms with Gasteiger partial charge in [-0.3, -0.25) is 4.79 Å². The molecule has 1 atom stereocenters. The summed E-state index contributed by atoms with van der Waals surface area (Å²) in [6.07, 6.45) is 4.18. The zero-order valence-electron chi connectivity index (χ0n) is 14.2. The van der Waals surface area contributed by atoms with Crippen molar-refractivity contribution in [2.75, 3.05) is 32.7 Å². The average molecular weight is 408 g/mol. The van der Waals surface area contributed by atoms with Crippen LogP contribution in [-0.4, -0.2) is 56.3 Å². The molecule has 1 aromatic rings. The van der Waals surface area contributed by atoms with E-state index in [1.54, 1.807) is 16.4 Å². The molecule has 2 saturated heterocycles. The fraction of sp³-hybridized carbons (Fsp3) is 0.688. The van der Waals surface area contributed by atoms with Gasteiger partial charge >= 0.3 is 0 Å². The predicted molar refractivity (Wildman–Crippen MR) is 102 cm³/mol. The second-order valence-corrected chi connectivity index (χ2v) is 9.93.